The smallest absolute Gasteiger partial charge is 0.246 e. The Morgan fingerprint density at radius 3 is 2.46 bits per heavy atom. The predicted molar refractivity (Wildman–Crippen MR) is 95.2 cm³/mol. The number of ether oxygens (including phenoxy) is 1. The van der Waals surface area contributed by atoms with Gasteiger partial charge in [0, 0.05) is 25.2 Å². The summed E-state index contributed by atoms with van der Waals surface area (Å²) in [6, 6.07) is -0.922. The number of amides is 1. The van der Waals surface area contributed by atoms with Crippen LogP contribution in [0.2, 0.25) is 0 Å². The molecule has 2 rings (SSSR count). The second-order valence-corrected chi connectivity index (χ2v) is 8.78. The average Bonchev–Trinajstić information content (AvgIpc) is 2.92. The van der Waals surface area contributed by atoms with Crippen molar-refractivity contribution in [2.75, 3.05) is 32.8 Å². The van der Waals surface area contributed by atoms with Gasteiger partial charge >= 0.3 is 0 Å². The van der Waals surface area contributed by atoms with E-state index in [1.165, 1.54) is 13.8 Å². The Morgan fingerprint density at radius 2 is 1.92 bits per heavy atom. The fourth-order valence-electron chi connectivity index (χ4n) is 2.94. The number of carbonyl (C=O) groups excluding carboxylic acids is 1. The molecule has 0 bridgehead atoms. The predicted octanol–water partition coefficient (Wildman–Crippen LogP) is 0.185. The minimum absolute atomic E-state index is 0.0224. The van der Waals surface area contributed by atoms with Crippen LogP contribution in [0.4, 0.5) is 0 Å². The third kappa shape index (κ3) is 4.81. The zero-order valence-corrected chi connectivity index (χ0v) is 16.8. The van der Waals surface area contributed by atoms with E-state index in [9.17, 15) is 13.2 Å². The van der Waals surface area contributed by atoms with Crippen LogP contribution in [0.5, 0.6) is 0 Å². The van der Waals surface area contributed by atoms with Crippen molar-refractivity contribution >= 4 is 15.9 Å². The van der Waals surface area contributed by atoms with Gasteiger partial charge in [-0.3, -0.25) is 9.69 Å². The maximum atomic E-state index is 12.5. The minimum atomic E-state index is -3.89. The number of rotatable bonds is 7. The molecule has 1 saturated heterocycles. The average molecular weight is 388 g/mol. The molecule has 2 N–H and O–H groups in total. The Balaban J connectivity index is 1.95. The van der Waals surface area contributed by atoms with Gasteiger partial charge in [0.1, 0.15) is 10.6 Å². The molecule has 0 aromatic carbocycles. The van der Waals surface area contributed by atoms with Crippen molar-refractivity contribution in [3.63, 3.8) is 0 Å². The van der Waals surface area contributed by atoms with Gasteiger partial charge in [0.05, 0.1) is 19.3 Å². The number of sulfonamides is 1. The molecule has 148 valence electrons. The molecule has 1 aliphatic rings. The highest BCUT2D eigenvalue weighted by Gasteiger charge is 2.31. The molecule has 2 heterocycles. The van der Waals surface area contributed by atoms with Crippen molar-refractivity contribution in [3.05, 3.63) is 11.5 Å². The molecule has 1 fully saturated rings. The molecule has 1 aromatic heterocycles. The highest BCUT2D eigenvalue weighted by Crippen LogP contribution is 2.19. The highest BCUT2D eigenvalue weighted by atomic mass is 32.2. The summed E-state index contributed by atoms with van der Waals surface area (Å²) in [4.78, 5) is 14.6. The van der Waals surface area contributed by atoms with Crippen molar-refractivity contribution in [2.45, 2.75) is 51.1 Å². The first-order chi connectivity index (χ1) is 12.0. The third-order valence-corrected chi connectivity index (χ3v) is 6.31. The zero-order valence-electron chi connectivity index (χ0n) is 16.0. The molecule has 0 unspecified atom stereocenters. The number of aromatic nitrogens is 1. The summed E-state index contributed by atoms with van der Waals surface area (Å²) in [5.74, 6) is -0.197. The molecular weight excluding hydrogens is 360 g/mol. The Labute approximate surface area is 154 Å². The maximum Gasteiger partial charge on any atom is 0.246 e. The monoisotopic (exact) mass is 388 g/mol. The second kappa shape index (κ2) is 8.03. The quantitative estimate of drug-likeness (QED) is 0.685. The molecule has 0 aliphatic carbocycles. The van der Waals surface area contributed by atoms with E-state index in [2.05, 4.69) is 20.1 Å². The molecule has 0 spiro atoms. The summed E-state index contributed by atoms with van der Waals surface area (Å²) in [6.45, 7) is 12.0. The number of hydrogen-bond acceptors (Lipinski definition) is 7. The van der Waals surface area contributed by atoms with E-state index in [1.54, 1.807) is 6.92 Å². The second-order valence-electron chi connectivity index (χ2n) is 7.13. The normalized spacial score (nSPS) is 17.9. The van der Waals surface area contributed by atoms with Crippen LogP contribution in [0.15, 0.2) is 9.42 Å². The lowest BCUT2D eigenvalue weighted by atomic mass is 10.0. The maximum absolute atomic E-state index is 12.5. The largest absolute Gasteiger partial charge is 0.379 e. The highest BCUT2D eigenvalue weighted by molar-refractivity contribution is 7.89. The zero-order chi connectivity index (χ0) is 19.5. The van der Waals surface area contributed by atoms with Crippen LogP contribution in [0, 0.1) is 13.8 Å². The number of nitrogens with zero attached hydrogens (tertiary/aromatic N) is 2. The summed E-state index contributed by atoms with van der Waals surface area (Å²) < 4.78 is 37.6. The van der Waals surface area contributed by atoms with Crippen molar-refractivity contribution < 1.29 is 22.5 Å². The number of morpholine rings is 1. The molecule has 1 aromatic rings. The van der Waals surface area contributed by atoms with Crippen LogP contribution in [0.25, 0.3) is 0 Å². The Bertz CT molecular complexity index is 718. The summed E-state index contributed by atoms with van der Waals surface area (Å²) >= 11 is 0. The Kier molecular flexibility index (Phi) is 6.43. The standard InChI is InChI=1S/C16H28N4O5S/c1-11-14(13(3)25-18-11)26(22,23)19-12(2)15(21)17-10-16(4,5)20-6-8-24-9-7-20/h12,19H,6-10H2,1-5H3,(H,17,21)/t12-/m0/s1. The lowest BCUT2D eigenvalue weighted by molar-refractivity contribution is -0.123. The fourth-order valence-corrected chi connectivity index (χ4v) is 4.47. The van der Waals surface area contributed by atoms with E-state index >= 15 is 0 Å². The summed E-state index contributed by atoms with van der Waals surface area (Å²) in [7, 11) is -3.89. The molecular formula is C16H28N4O5S. The summed E-state index contributed by atoms with van der Waals surface area (Å²) in [6.07, 6.45) is 0. The van der Waals surface area contributed by atoms with E-state index in [0.717, 1.165) is 13.1 Å². The first kappa shape index (κ1) is 20.8. The van der Waals surface area contributed by atoms with Gasteiger partial charge in [0.15, 0.2) is 5.76 Å². The molecule has 1 atom stereocenters. The van der Waals surface area contributed by atoms with Crippen molar-refractivity contribution in [3.8, 4) is 0 Å². The van der Waals surface area contributed by atoms with Crippen LogP contribution in [-0.4, -0.2) is 68.8 Å². The van der Waals surface area contributed by atoms with E-state index in [4.69, 9.17) is 9.26 Å². The number of aryl methyl sites for hydroxylation is 2. The van der Waals surface area contributed by atoms with Crippen molar-refractivity contribution in [1.29, 1.82) is 0 Å². The topological polar surface area (TPSA) is 114 Å². The van der Waals surface area contributed by atoms with Crippen LogP contribution in [-0.2, 0) is 19.6 Å². The Hall–Kier alpha value is -1.49. The fraction of sp³-hybridized carbons (Fsp3) is 0.750. The lowest BCUT2D eigenvalue weighted by Crippen LogP contribution is -2.57. The van der Waals surface area contributed by atoms with Crippen molar-refractivity contribution in [1.82, 2.24) is 20.1 Å². The first-order valence-corrected chi connectivity index (χ1v) is 10.1. The molecule has 26 heavy (non-hydrogen) atoms. The summed E-state index contributed by atoms with van der Waals surface area (Å²) in [5.41, 5.74) is 0.00993. The van der Waals surface area contributed by atoms with E-state index < -0.39 is 16.1 Å². The van der Waals surface area contributed by atoms with Gasteiger partial charge in [0.2, 0.25) is 15.9 Å². The number of nitrogens with one attached hydrogen (secondary N) is 2. The third-order valence-electron chi connectivity index (χ3n) is 4.52. The van der Waals surface area contributed by atoms with Crippen LogP contribution < -0.4 is 10.0 Å². The van der Waals surface area contributed by atoms with Crippen molar-refractivity contribution in [2.24, 2.45) is 0 Å². The van der Waals surface area contributed by atoms with E-state index in [0.29, 0.717) is 19.8 Å². The van der Waals surface area contributed by atoms with Gasteiger partial charge in [0.25, 0.3) is 0 Å². The molecule has 1 aliphatic heterocycles. The minimum Gasteiger partial charge on any atom is -0.379 e. The molecule has 1 amide bonds. The van der Waals surface area contributed by atoms with Gasteiger partial charge in [-0.1, -0.05) is 5.16 Å². The van der Waals surface area contributed by atoms with Crippen LogP contribution in [0.1, 0.15) is 32.2 Å². The van der Waals surface area contributed by atoms with Gasteiger partial charge in [-0.15, -0.1) is 0 Å². The van der Waals surface area contributed by atoms with Gasteiger partial charge < -0.3 is 14.6 Å². The lowest BCUT2D eigenvalue weighted by Gasteiger charge is -2.41. The van der Waals surface area contributed by atoms with E-state index in [-0.39, 0.29) is 27.8 Å². The SMILES string of the molecule is Cc1noc(C)c1S(=O)(=O)N[C@@H](C)C(=O)NCC(C)(C)N1CCOCC1. The molecule has 10 heteroatoms. The van der Waals surface area contributed by atoms with Crippen LogP contribution >= 0.6 is 0 Å². The van der Waals surface area contributed by atoms with Gasteiger partial charge in [-0.05, 0) is 34.6 Å². The van der Waals surface area contributed by atoms with E-state index in [1.807, 2.05) is 13.8 Å². The van der Waals surface area contributed by atoms with Gasteiger partial charge in [-0.2, -0.15) is 4.72 Å². The van der Waals surface area contributed by atoms with Crippen LogP contribution in [0.3, 0.4) is 0 Å². The molecule has 0 radical (unpaired) electrons. The van der Waals surface area contributed by atoms with Gasteiger partial charge in [-0.25, -0.2) is 8.42 Å². The Morgan fingerprint density at radius 1 is 1.31 bits per heavy atom. The number of carbonyl (C=O) groups is 1. The summed E-state index contributed by atoms with van der Waals surface area (Å²) in [5, 5.41) is 6.47. The number of hydrogen-bond donors (Lipinski definition) is 2. The molecule has 9 nitrogen and oxygen atoms in total. The first-order valence-electron chi connectivity index (χ1n) is 8.60. The molecule has 0 saturated carbocycles.